The quantitative estimate of drug-likeness (QED) is 0.618. The number of benzene rings is 2. The third kappa shape index (κ3) is 4.63. The molecule has 1 aliphatic carbocycles. The van der Waals surface area contributed by atoms with Crippen LogP contribution in [0.15, 0.2) is 48.5 Å². The van der Waals surface area contributed by atoms with Crippen molar-refractivity contribution in [3.63, 3.8) is 0 Å². The van der Waals surface area contributed by atoms with Gasteiger partial charge in [0.1, 0.15) is 18.7 Å². The lowest BCUT2D eigenvalue weighted by atomic mass is 9.95. The van der Waals surface area contributed by atoms with Crippen molar-refractivity contribution in [3.05, 3.63) is 59.7 Å². The summed E-state index contributed by atoms with van der Waals surface area (Å²) in [5.74, 6) is -1.60. The van der Waals surface area contributed by atoms with Crippen molar-refractivity contribution >= 4 is 18.0 Å². The van der Waals surface area contributed by atoms with Crippen LogP contribution in [0.5, 0.6) is 0 Å². The highest BCUT2D eigenvalue weighted by Gasteiger charge is 2.42. The molecule has 1 heterocycles. The number of alkyl carbamates (subject to hydrolysis) is 1. The molecule has 2 N–H and O–H groups in total. The van der Waals surface area contributed by atoms with Crippen molar-refractivity contribution in [3.8, 4) is 11.1 Å². The number of carbonyl (C=O) groups is 3. The van der Waals surface area contributed by atoms with Crippen LogP contribution in [0.4, 0.5) is 4.79 Å². The molecule has 2 aromatic carbocycles. The maximum Gasteiger partial charge on any atom is 0.407 e. The first kappa shape index (κ1) is 23.8. The van der Waals surface area contributed by atoms with E-state index in [9.17, 15) is 19.5 Å². The minimum absolute atomic E-state index is 0.102. The molecule has 1 aliphatic heterocycles. The number of likely N-dealkylation sites (tertiary alicyclic amines) is 1. The lowest BCUT2D eigenvalue weighted by Gasteiger charge is -2.41. The topological polar surface area (TPSA) is 105 Å². The third-order valence-electron chi connectivity index (χ3n) is 6.77. The second-order valence-electron chi connectivity index (χ2n) is 9.36. The summed E-state index contributed by atoms with van der Waals surface area (Å²) >= 11 is 0. The van der Waals surface area contributed by atoms with Gasteiger partial charge in [0.05, 0.1) is 5.60 Å². The number of hydrogen-bond acceptors (Lipinski definition) is 5. The molecule has 8 nitrogen and oxygen atoms in total. The highest BCUT2D eigenvalue weighted by atomic mass is 16.5. The van der Waals surface area contributed by atoms with Crippen LogP contribution in [0, 0.1) is 0 Å². The van der Waals surface area contributed by atoms with E-state index in [2.05, 4.69) is 17.4 Å². The summed E-state index contributed by atoms with van der Waals surface area (Å²) in [4.78, 5) is 38.6. The molecule has 1 fully saturated rings. The highest BCUT2D eigenvalue weighted by molar-refractivity contribution is 5.90. The molecule has 2 unspecified atom stereocenters. The maximum absolute atomic E-state index is 13.1. The van der Waals surface area contributed by atoms with Gasteiger partial charge < -0.3 is 24.8 Å². The smallest absolute Gasteiger partial charge is 0.407 e. The zero-order valence-electron chi connectivity index (χ0n) is 19.6. The SMILES string of the molecule is COC(C)(C)CC(NC(=O)OCC1c2ccccc2-c2ccccc21)C(=O)N1CCC1C(=O)O. The summed E-state index contributed by atoms with van der Waals surface area (Å²) in [5.41, 5.74) is 3.73. The van der Waals surface area contributed by atoms with Crippen LogP contribution in [0.25, 0.3) is 11.1 Å². The Hall–Kier alpha value is -3.39. The predicted octanol–water partition coefficient (Wildman–Crippen LogP) is 3.39. The maximum atomic E-state index is 13.1. The van der Waals surface area contributed by atoms with Gasteiger partial charge in [-0.15, -0.1) is 0 Å². The number of carboxylic acid groups (broad SMARTS) is 1. The number of methoxy groups -OCH3 is 1. The number of aliphatic carboxylic acids is 1. The minimum Gasteiger partial charge on any atom is -0.480 e. The fourth-order valence-corrected chi connectivity index (χ4v) is 4.67. The van der Waals surface area contributed by atoms with E-state index in [4.69, 9.17) is 9.47 Å². The van der Waals surface area contributed by atoms with E-state index in [0.717, 1.165) is 22.3 Å². The van der Waals surface area contributed by atoms with Crippen LogP contribution in [-0.2, 0) is 19.1 Å². The largest absolute Gasteiger partial charge is 0.480 e. The van der Waals surface area contributed by atoms with E-state index < -0.39 is 35.7 Å². The second kappa shape index (κ2) is 9.46. The van der Waals surface area contributed by atoms with Gasteiger partial charge in [0, 0.05) is 26.0 Å². The molecule has 4 rings (SSSR count). The van der Waals surface area contributed by atoms with E-state index in [1.807, 2.05) is 36.4 Å². The van der Waals surface area contributed by atoms with E-state index in [1.165, 1.54) is 12.0 Å². The summed E-state index contributed by atoms with van der Waals surface area (Å²) in [7, 11) is 1.53. The first-order valence-electron chi connectivity index (χ1n) is 11.4. The van der Waals surface area contributed by atoms with E-state index >= 15 is 0 Å². The molecule has 8 heteroatoms. The van der Waals surface area contributed by atoms with E-state index in [0.29, 0.717) is 13.0 Å². The van der Waals surface area contributed by atoms with Crippen molar-refractivity contribution in [2.45, 2.75) is 50.3 Å². The zero-order chi connectivity index (χ0) is 24.5. The number of hydrogen-bond donors (Lipinski definition) is 2. The first-order valence-corrected chi connectivity index (χ1v) is 11.4. The summed E-state index contributed by atoms with van der Waals surface area (Å²) in [6.45, 7) is 4.07. The van der Waals surface area contributed by atoms with Gasteiger partial charge in [-0.3, -0.25) is 4.79 Å². The second-order valence-corrected chi connectivity index (χ2v) is 9.36. The summed E-state index contributed by atoms with van der Waals surface area (Å²) in [5, 5.41) is 12.0. The summed E-state index contributed by atoms with van der Waals surface area (Å²) in [6.07, 6.45) is -0.151. The molecule has 2 aliphatic rings. The standard InChI is InChI=1S/C26H30N2O6/c1-26(2,33-3)14-21(23(29)28-13-12-22(28)24(30)31)27-25(32)34-15-20-18-10-6-4-8-16(18)17-9-5-7-11-19(17)20/h4-11,20-22H,12-15H2,1-3H3,(H,27,32)(H,30,31). The molecular formula is C26H30N2O6. The van der Waals surface area contributed by atoms with Gasteiger partial charge in [-0.2, -0.15) is 0 Å². The molecule has 180 valence electrons. The van der Waals surface area contributed by atoms with Crippen molar-refractivity contribution in [1.29, 1.82) is 0 Å². The van der Waals surface area contributed by atoms with Gasteiger partial charge in [0.2, 0.25) is 5.91 Å². The first-order chi connectivity index (χ1) is 16.2. The normalized spacial score (nSPS) is 17.9. The number of fused-ring (bicyclic) bond motifs is 3. The Balaban J connectivity index is 1.46. The van der Waals surface area contributed by atoms with E-state index in [-0.39, 0.29) is 18.9 Å². The molecule has 0 aromatic heterocycles. The molecule has 0 saturated carbocycles. The number of nitrogens with zero attached hydrogens (tertiary/aromatic N) is 1. The number of carbonyl (C=O) groups excluding carboxylic acids is 2. The molecule has 34 heavy (non-hydrogen) atoms. The summed E-state index contributed by atoms with van der Waals surface area (Å²) in [6, 6.07) is 14.2. The average Bonchev–Trinajstić information content (AvgIpc) is 3.10. The molecule has 2 amide bonds. The molecule has 1 saturated heterocycles. The highest BCUT2D eigenvalue weighted by Crippen LogP contribution is 2.44. The number of nitrogens with one attached hydrogen (secondary N) is 1. The molecule has 0 radical (unpaired) electrons. The van der Waals surface area contributed by atoms with Gasteiger partial charge in [0.25, 0.3) is 0 Å². The Morgan fingerprint density at radius 3 is 2.18 bits per heavy atom. The van der Waals surface area contributed by atoms with Crippen molar-refractivity contribution in [2.75, 3.05) is 20.3 Å². The van der Waals surface area contributed by atoms with Crippen LogP contribution in [0.2, 0.25) is 0 Å². The lowest BCUT2D eigenvalue weighted by molar-refractivity contribution is -0.158. The van der Waals surface area contributed by atoms with Gasteiger partial charge in [0.15, 0.2) is 0 Å². The van der Waals surface area contributed by atoms with Crippen LogP contribution in [0.3, 0.4) is 0 Å². The predicted molar refractivity (Wildman–Crippen MR) is 125 cm³/mol. The molecule has 0 bridgehead atoms. The van der Waals surface area contributed by atoms with Crippen molar-refractivity contribution in [1.82, 2.24) is 10.2 Å². The summed E-state index contributed by atoms with van der Waals surface area (Å²) < 4.78 is 11.0. The number of rotatable bonds is 8. The molecule has 0 spiro atoms. The molecular weight excluding hydrogens is 436 g/mol. The third-order valence-corrected chi connectivity index (χ3v) is 6.77. The van der Waals surface area contributed by atoms with Crippen molar-refractivity contribution in [2.24, 2.45) is 0 Å². The average molecular weight is 467 g/mol. The number of carboxylic acids is 1. The monoisotopic (exact) mass is 466 g/mol. The fourth-order valence-electron chi connectivity index (χ4n) is 4.67. The lowest BCUT2D eigenvalue weighted by Crippen LogP contribution is -2.61. The Morgan fingerprint density at radius 1 is 1.09 bits per heavy atom. The molecule has 2 atom stereocenters. The number of ether oxygens (including phenoxy) is 2. The zero-order valence-corrected chi connectivity index (χ0v) is 19.6. The van der Waals surface area contributed by atoms with Crippen LogP contribution in [0.1, 0.15) is 43.7 Å². The van der Waals surface area contributed by atoms with Crippen LogP contribution in [-0.4, -0.2) is 65.9 Å². The fraction of sp³-hybridized carbons (Fsp3) is 0.423. The van der Waals surface area contributed by atoms with E-state index in [1.54, 1.807) is 13.8 Å². The molecule has 2 aromatic rings. The van der Waals surface area contributed by atoms with Crippen LogP contribution < -0.4 is 5.32 Å². The Kier molecular flexibility index (Phi) is 6.61. The Labute approximate surface area is 198 Å². The van der Waals surface area contributed by atoms with Gasteiger partial charge >= 0.3 is 12.1 Å². The number of amides is 2. The Bertz CT molecular complexity index is 1050. The van der Waals surface area contributed by atoms with Gasteiger partial charge in [-0.25, -0.2) is 9.59 Å². The Morgan fingerprint density at radius 2 is 1.68 bits per heavy atom. The van der Waals surface area contributed by atoms with Gasteiger partial charge in [-0.05, 0) is 42.5 Å². The van der Waals surface area contributed by atoms with Crippen molar-refractivity contribution < 1.29 is 29.0 Å². The van der Waals surface area contributed by atoms with Crippen LogP contribution >= 0.6 is 0 Å². The van der Waals surface area contributed by atoms with Gasteiger partial charge in [-0.1, -0.05) is 48.5 Å². The minimum atomic E-state index is -1.05.